The van der Waals surface area contributed by atoms with Gasteiger partial charge in [0.05, 0.1) is 0 Å². The molecule has 2 nitrogen and oxygen atoms in total. The largest absolute Gasteiger partial charge is 0.466 e. The summed E-state index contributed by atoms with van der Waals surface area (Å²) in [4.78, 5) is 0. The summed E-state index contributed by atoms with van der Waals surface area (Å²) in [5, 5.41) is 3.61. The van der Waals surface area contributed by atoms with Crippen LogP contribution in [0, 0.1) is 13.8 Å². The Hall–Kier alpha value is -1.06. The third kappa shape index (κ3) is 3.48. The molecule has 0 amide bonds. The number of aryl methyl sites for hydroxylation is 2. The van der Waals surface area contributed by atoms with Crippen molar-refractivity contribution in [2.45, 2.75) is 39.8 Å². The fourth-order valence-electron chi connectivity index (χ4n) is 2.39. The molecule has 1 aromatic heterocycles. The molecule has 0 radical (unpaired) electrons. The number of halogens is 1. The van der Waals surface area contributed by atoms with E-state index >= 15 is 0 Å². The van der Waals surface area contributed by atoms with Crippen molar-refractivity contribution in [1.29, 1.82) is 0 Å². The third-order valence-corrected chi connectivity index (χ3v) is 3.94. The van der Waals surface area contributed by atoms with Gasteiger partial charge in [0.15, 0.2) is 0 Å². The van der Waals surface area contributed by atoms with E-state index in [0.29, 0.717) is 6.04 Å². The Bertz CT molecular complexity index is 544. The predicted molar refractivity (Wildman–Crippen MR) is 82.3 cm³/mol. The van der Waals surface area contributed by atoms with Crippen LogP contribution in [0.1, 0.15) is 48.6 Å². The van der Waals surface area contributed by atoms with Crippen molar-refractivity contribution >= 4 is 15.9 Å². The lowest BCUT2D eigenvalue weighted by molar-refractivity contribution is 0.469. The summed E-state index contributed by atoms with van der Waals surface area (Å²) in [5.74, 6) is 1.97. The van der Waals surface area contributed by atoms with Gasteiger partial charge in [-0.15, -0.1) is 0 Å². The highest BCUT2D eigenvalue weighted by molar-refractivity contribution is 9.10. The standard InChI is InChI=1S/C16H20BrNO/c1-10-9-16(13(4)19-10)12(3)18-11(2)14-5-7-15(17)8-6-14/h5-9,11-12,18H,1-4H3. The monoisotopic (exact) mass is 321 g/mol. The SMILES string of the molecule is Cc1cc(C(C)NC(C)c2ccc(Br)cc2)c(C)o1. The van der Waals surface area contributed by atoms with Crippen molar-refractivity contribution in [3.8, 4) is 0 Å². The van der Waals surface area contributed by atoms with Crippen LogP contribution in [0.15, 0.2) is 39.2 Å². The number of hydrogen-bond acceptors (Lipinski definition) is 2. The van der Waals surface area contributed by atoms with Crippen LogP contribution < -0.4 is 5.32 Å². The molecule has 0 saturated carbocycles. The van der Waals surface area contributed by atoms with Crippen LogP contribution in [0.4, 0.5) is 0 Å². The smallest absolute Gasteiger partial charge is 0.105 e. The van der Waals surface area contributed by atoms with Crippen molar-refractivity contribution in [3.63, 3.8) is 0 Å². The van der Waals surface area contributed by atoms with Gasteiger partial charge >= 0.3 is 0 Å². The molecule has 3 heteroatoms. The van der Waals surface area contributed by atoms with Gasteiger partial charge in [0.25, 0.3) is 0 Å². The molecule has 1 aromatic carbocycles. The molecule has 19 heavy (non-hydrogen) atoms. The van der Waals surface area contributed by atoms with E-state index in [1.54, 1.807) is 0 Å². The van der Waals surface area contributed by atoms with E-state index in [4.69, 9.17) is 4.42 Å². The highest BCUT2D eigenvalue weighted by Gasteiger charge is 2.15. The van der Waals surface area contributed by atoms with Crippen molar-refractivity contribution in [1.82, 2.24) is 5.32 Å². The molecule has 102 valence electrons. The average molecular weight is 322 g/mol. The number of furan rings is 1. The van der Waals surface area contributed by atoms with Gasteiger partial charge < -0.3 is 9.73 Å². The van der Waals surface area contributed by atoms with Gasteiger partial charge in [-0.1, -0.05) is 28.1 Å². The Labute approximate surface area is 123 Å². The van der Waals surface area contributed by atoms with E-state index in [0.717, 1.165) is 16.0 Å². The van der Waals surface area contributed by atoms with E-state index < -0.39 is 0 Å². The molecule has 0 fully saturated rings. The summed E-state index contributed by atoms with van der Waals surface area (Å²) in [6.45, 7) is 8.36. The maximum absolute atomic E-state index is 5.59. The molecule has 1 N–H and O–H groups in total. The number of hydrogen-bond donors (Lipinski definition) is 1. The second-order valence-electron chi connectivity index (χ2n) is 5.03. The highest BCUT2D eigenvalue weighted by atomic mass is 79.9. The number of nitrogens with one attached hydrogen (secondary N) is 1. The van der Waals surface area contributed by atoms with Gasteiger partial charge in [0.2, 0.25) is 0 Å². The Balaban J connectivity index is 2.08. The van der Waals surface area contributed by atoms with Crippen LogP contribution in [0.3, 0.4) is 0 Å². The zero-order valence-corrected chi connectivity index (χ0v) is 13.4. The van der Waals surface area contributed by atoms with Crippen LogP contribution in [-0.4, -0.2) is 0 Å². The Morgan fingerprint density at radius 3 is 2.21 bits per heavy atom. The van der Waals surface area contributed by atoms with Crippen LogP contribution >= 0.6 is 15.9 Å². The summed E-state index contributed by atoms with van der Waals surface area (Å²) >= 11 is 3.46. The van der Waals surface area contributed by atoms with Gasteiger partial charge in [-0.3, -0.25) is 0 Å². The first-order valence-electron chi connectivity index (χ1n) is 6.56. The van der Waals surface area contributed by atoms with E-state index in [2.05, 4.69) is 65.4 Å². The lowest BCUT2D eigenvalue weighted by Gasteiger charge is -2.20. The van der Waals surface area contributed by atoms with E-state index in [1.165, 1.54) is 11.1 Å². The van der Waals surface area contributed by atoms with E-state index in [1.807, 2.05) is 13.8 Å². The molecule has 2 aromatic rings. The minimum Gasteiger partial charge on any atom is -0.466 e. The molecular formula is C16H20BrNO. The maximum atomic E-state index is 5.59. The first kappa shape index (κ1) is 14.4. The number of rotatable bonds is 4. The summed E-state index contributed by atoms with van der Waals surface area (Å²) < 4.78 is 6.70. The maximum Gasteiger partial charge on any atom is 0.105 e. The molecule has 0 aliphatic carbocycles. The molecule has 0 bridgehead atoms. The normalized spacial score (nSPS) is 14.4. The van der Waals surface area contributed by atoms with Gasteiger partial charge in [-0.05, 0) is 51.5 Å². The highest BCUT2D eigenvalue weighted by Crippen LogP contribution is 2.25. The Kier molecular flexibility index (Phi) is 4.48. The topological polar surface area (TPSA) is 25.2 Å². The number of benzene rings is 1. The van der Waals surface area contributed by atoms with Crippen molar-refractivity contribution in [2.75, 3.05) is 0 Å². The van der Waals surface area contributed by atoms with Crippen LogP contribution in [0.5, 0.6) is 0 Å². The van der Waals surface area contributed by atoms with Crippen LogP contribution in [0.25, 0.3) is 0 Å². The fourth-order valence-corrected chi connectivity index (χ4v) is 2.66. The van der Waals surface area contributed by atoms with Gasteiger partial charge in [0.1, 0.15) is 11.5 Å². The van der Waals surface area contributed by atoms with Crippen molar-refractivity contribution in [3.05, 3.63) is 57.5 Å². The molecule has 2 unspecified atom stereocenters. The second-order valence-corrected chi connectivity index (χ2v) is 5.95. The zero-order chi connectivity index (χ0) is 14.0. The van der Waals surface area contributed by atoms with Gasteiger partial charge in [-0.2, -0.15) is 0 Å². The molecule has 0 spiro atoms. The summed E-state index contributed by atoms with van der Waals surface area (Å²) in [5.41, 5.74) is 2.52. The zero-order valence-electron chi connectivity index (χ0n) is 11.8. The predicted octanol–water partition coefficient (Wildman–Crippen LogP) is 5.07. The molecule has 0 aliphatic rings. The van der Waals surface area contributed by atoms with Crippen molar-refractivity contribution in [2.24, 2.45) is 0 Å². The molecule has 1 heterocycles. The van der Waals surface area contributed by atoms with E-state index in [-0.39, 0.29) is 6.04 Å². The van der Waals surface area contributed by atoms with E-state index in [9.17, 15) is 0 Å². The molecular weight excluding hydrogens is 302 g/mol. The fraction of sp³-hybridized carbons (Fsp3) is 0.375. The lowest BCUT2D eigenvalue weighted by Crippen LogP contribution is -2.22. The summed E-state index contributed by atoms with van der Waals surface area (Å²) in [6, 6.07) is 11.1. The minimum atomic E-state index is 0.274. The average Bonchev–Trinajstić information content (AvgIpc) is 2.69. The summed E-state index contributed by atoms with van der Waals surface area (Å²) in [7, 11) is 0. The summed E-state index contributed by atoms with van der Waals surface area (Å²) in [6.07, 6.45) is 0. The Morgan fingerprint density at radius 1 is 1.05 bits per heavy atom. The van der Waals surface area contributed by atoms with Crippen molar-refractivity contribution < 1.29 is 4.42 Å². The molecule has 2 rings (SSSR count). The van der Waals surface area contributed by atoms with Gasteiger partial charge in [0, 0.05) is 22.1 Å². The lowest BCUT2D eigenvalue weighted by atomic mass is 10.0. The molecule has 0 aliphatic heterocycles. The second kappa shape index (κ2) is 5.93. The minimum absolute atomic E-state index is 0.274. The molecule has 0 saturated heterocycles. The first-order valence-corrected chi connectivity index (χ1v) is 7.35. The third-order valence-electron chi connectivity index (χ3n) is 3.42. The van der Waals surface area contributed by atoms with Gasteiger partial charge in [-0.25, -0.2) is 0 Å². The quantitative estimate of drug-likeness (QED) is 0.850. The molecule has 2 atom stereocenters. The van der Waals surface area contributed by atoms with Crippen LogP contribution in [-0.2, 0) is 0 Å². The van der Waals surface area contributed by atoms with Crippen LogP contribution in [0.2, 0.25) is 0 Å². The Morgan fingerprint density at radius 2 is 1.68 bits per heavy atom. The first-order chi connectivity index (χ1) is 8.97.